The highest BCUT2D eigenvalue weighted by molar-refractivity contribution is 7.71. The van der Waals surface area contributed by atoms with Crippen molar-refractivity contribution in [3.05, 3.63) is 32.4 Å². The van der Waals surface area contributed by atoms with Crippen LogP contribution in [0, 0.1) is 4.77 Å². The van der Waals surface area contributed by atoms with E-state index in [0.717, 1.165) is 12.8 Å². The van der Waals surface area contributed by atoms with Crippen molar-refractivity contribution in [3.63, 3.8) is 0 Å². The number of aromatic nitrogens is 4. The summed E-state index contributed by atoms with van der Waals surface area (Å²) in [6.45, 7) is 5.43. The summed E-state index contributed by atoms with van der Waals surface area (Å²) in [6.07, 6.45) is 4.40. The van der Waals surface area contributed by atoms with Gasteiger partial charge in [-0.2, -0.15) is 5.10 Å². The summed E-state index contributed by atoms with van der Waals surface area (Å²) in [5.74, 6) is 0.656. The molecule has 0 saturated heterocycles. The summed E-state index contributed by atoms with van der Waals surface area (Å²) in [4.78, 5) is 12.8. The molecule has 0 atom stereocenters. The molecule has 5 nitrogen and oxygen atoms in total. The van der Waals surface area contributed by atoms with Crippen molar-refractivity contribution in [2.45, 2.75) is 52.6 Å². The van der Waals surface area contributed by atoms with E-state index in [0.29, 0.717) is 29.2 Å². The molecule has 0 amide bonds. The van der Waals surface area contributed by atoms with Gasteiger partial charge in [-0.25, -0.2) is 0 Å². The number of rotatable bonds is 3. The SMILES string of the molecule is CCn1c(-c2cc3c(n(CC)c2=O)CCCC3)n[nH]c1=S. The summed E-state index contributed by atoms with van der Waals surface area (Å²) < 4.78 is 4.34. The van der Waals surface area contributed by atoms with Gasteiger partial charge in [-0.1, -0.05) is 0 Å². The van der Waals surface area contributed by atoms with Crippen LogP contribution in [0.15, 0.2) is 10.9 Å². The molecule has 6 heteroatoms. The van der Waals surface area contributed by atoms with E-state index in [1.54, 1.807) is 0 Å². The van der Waals surface area contributed by atoms with Gasteiger partial charge in [-0.3, -0.25) is 9.89 Å². The van der Waals surface area contributed by atoms with E-state index in [1.165, 1.54) is 24.1 Å². The maximum atomic E-state index is 12.8. The molecular formula is C15H20N4OS. The predicted molar refractivity (Wildman–Crippen MR) is 85.1 cm³/mol. The van der Waals surface area contributed by atoms with E-state index in [-0.39, 0.29) is 5.56 Å². The molecule has 3 rings (SSSR count). The van der Waals surface area contributed by atoms with Crippen molar-refractivity contribution in [1.82, 2.24) is 19.3 Å². The van der Waals surface area contributed by atoms with E-state index in [1.807, 2.05) is 29.0 Å². The van der Waals surface area contributed by atoms with E-state index < -0.39 is 0 Å². The largest absolute Gasteiger partial charge is 0.312 e. The van der Waals surface area contributed by atoms with Crippen molar-refractivity contribution in [1.29, 1.82) is 0 Å². The molecule has 0 bridgehead atoms. The molecule has 1 aliphatic rings. The molecule has 0 saturated carbocycles. The Bertz CT molecular complexity index is 784. The second kappa shape index (κ2) is 5.60. The minimum absolute atomic E-state index is 0.0434. The van der Waals surface area contributed by atoms with E-state index in [2.05, 4.69) is 10.2 Å². The van der Waals surface area contributed by atoms with Gasteiger partial charge in [0.05, 0.1) is 5.56 Å². The smallest absolute Gasteiger partial charge is 0.261 e. The Morgan fingerprint density at radius 2 is 1.95 bits per heavy atom. The van der Waals surface area contributed by atoms with Crippen LogP contribution in [-0.2, 0) is 25.9 Å². The number of hydrogen-bond donors (Lipinski definition) is 1. The molecule has 2 aromatic heterocycles. The predicted octanol–water partition coefficient (Wildman–Crippen LogP) is 2.69. The van der Waals surface area contributed by atoms with Crippen LogP contribution in [0.4, 0.5) is 0 Å². The first kappa shape index (κ1) is 14.3. The quantitative estimate of drug-likeness (QED) is 0.887. The van der Waals surface area contributed by atoms with Crippen LogP contribution in [-0.4, -0.2) is 19.3 Å². The first-order chi connectivity index (χ1) is 10.2. The van der Waals surface area contributed by atoms with Gasteiger partial charge in [0.25, 0.3) is 5.56 Å². The third-order valence-electron chi connectivity index (χ3n) is 4.23. The topological polar surface area (TPSA) is 55.6 Å². The summed E-state index contributed by atoms with van der Waals surface area (Å²) in [5, 5.41) is 7.07. The van der Waals surface area contributed by atoms with Crippen molar-refractivity contribution < 1.29 is 0 Å². The number of nitrogens with zero attached hydrogens (tertiary/aromatic N) is 3. The summed E-state index contributed by atoms with van der Waals surface area (Å²) >= 11 is 5.23. The zero-order valence-corrected chi connectivity index (χ0v) is 13.3. The van der Waals surface area contributed by atoms with Crippen molar-refractivity contribution in [2.24, 2.45) is 0 Å². The van der Waals surface area contributed by atoms with Crippen molar-refractivity contribution in [2.75, 3.05) is 0 Å². The van der Waals surface area contributed by atoms with Crippen LogP contribution in [0.2, 0.25) is 0 Å². The average molecular weight is 304 g/mol. The molecule has 0 unspecified atom stereocenters. The Balaban J connectivity index is 2.28. The minimum Gasteiger partial charge on any atom is -0.312 e. The highest BCUT2D eigenvalue weighted by Gasteiger charge is 2.20. The minimum atomic E-state index is 0.0434. The Morgan fingerprint density at radius 3 is 2.67 bits per heavy atom. The first-order valence-electron chi connectivity index (χ1n) is 7.58. The van der Waals surface area contributed by atoms with Gasteiger partial charge in [0.1, 0.15) is 0 Å². The molecule has 1 aliphatic carbocycles. The Labute approximate surface area is 128 Å². The number of pyridine rings is 1. The Morgan fingerprint density at radius 1 is 1.24 bits per heavy atom. The highest BCUT2D eigenvalue weighted by Crippen LogP contribution is 2.24. The molecule has 2 heterocycles. The van der Waals surface area contributed by atoms with Gasteiger partial charge in [0.2, 0.25) is 0 Å². The maximum absolute atomic E-state index is 12.8. The number of aryl methyl sites for hydroxylation is 1. The van der Waals surface area contributed by atoms with Crippen LogP contribution in [0.1, 0.15) is 37.9 Å². The zero-order valence-electron chi connectivity index (χ0n) is 12.5. The molecule has 112 valence electrons. The van der Waals surface area contributed by atoms with Crippen LogP contribution >= 0.6 is 12.2 Å². The second-order valence-corrected chi connectivity index (χ2v) is 5.77. The standard InChI is InChI=1S/C15H20N4OS/c1-3-18-12-8-6-5-7-10(12)9-11(14(18)20)13-16-17-15(21)19(13)4-2/h9H,3-8H2,1-2H3,(H,17,21). The summed E-state index contributed by atoms with van der Waals surface area (Å²) in [7, 11) is 0. The number of hydrogen-bond acceptors (Lipinski definition) is 3. The van der Waals surface area contributed by atoms with Gasteiger partial charge >= 0.3 is 0 Å². The summed E-state index contributed by atoms with van der Waals surface area (Å²) in [6, 6.07) is 2.03. The fourth-order valence-corrected chi connectivity index (χ4v) is 3.45. The molecule has 21 heavy (non-hydrogen) atoms. The van der Waals surface area contributed by atoms with Crippen LogP contribution in [0.3, 0.4) is 0 Å². The lowest BCUT2D eigenvalue weighted by atomic mass is 9.94. The molecule has 2 aromatic rings. The molecule has 0 fully saturated rings. The molecule has 1 N–H and O–H groups in total. The molecule has 0 aliphatic heterocycles. The van der Waals surface area contributed by atoms with E-state index in [9.17, 15) is 4.79 Å². The number of aromatic amines is 1. The number of H-pyrrole nitrogens is 1. The molecule has 0 aromatic carbocycles. The summed E-state index contributed by atoms with van der Waals surface area (Å²) in [5.41, 5.74) is 3.19. The monoisotopic (exact) mass is 304 g/mol. The van der Waals surface area contributed by atoms with Gasteiger partial charge in [0, 0.05) is 18.8 Å². The van der Waals surface area contributed by atoms with Gasteiger partial charge in [-0.15, -0.1) is 0 Å². The average Bonchev–Trinajstić information content (AvgIpc) is 2.87. The van der Waals surface area contributed by atoms with Crippen molar-refractivity contribution in [3.8, 4) is 11.4 Å². The molecule has 0 spiro atoms. The number of nitrogens with one attached hydrogen (secondary N) is 1. The fourth-order valence-electron chi connectivity index (χ4n) is 3.19. The zero-order chi connectivity index (χ0) is 15.0. The van der Waals surface area contributed by atoms with E-state index in [4.69, 9.17) is 12.2 Å². The molecule has 0 radical (unpaired) electrons. The highest BCUT2D eigenvalue weighted by atomic mass is 32.1. The van der Waals surface area contributed by atoms with Crippen molar-refractivity contribution >= 4 is 12.2 Å². The van der Waals surface area contributed by atoms with Gasteiger partial charge in [-0.05, 0) is 63.4 Å². The molecular weight excluding hydrogens is 284 g/mol. The van der Waals surface area contributed by atoms with E-state index >= 15 is 0 Å². The third kappa shape index (κ3) is 2.27. The lowest BCUT2D eigenvalue weighted by Gasteiger charge is -2.21. The second-order valence-electron chi connectivity index (χ2n) is 5.38. The fraction of sp³-hybridized carbons (Fsp3) is 0.533. The maximum Gasteiger partial charge on any atom is 0.261 e. The van der Waals surface area contributed by atoms with Crippen LogP contribution < -0.4 is 5.56 Å². The Kier molecular flexibility index (Phi) is 3.80. The third-order valence-corrected chi connectivity index (χ3v) is 4.54. The number of fused-ring (bicyclic) bond motifs is 1. The van der Waals surface area contributed by atoms with Crippen LogP contribution in [0.25, 0.3) is 11.4 Å². The first-order valence-corrected chi connectivity index (χ1v) is 7.99. The van der Waals surface area contributed by atoms with Crippen LogP contribution in [0.5, 0.6) is 0 Å². The van der Waals surface area contributed by atoms with Gasteiger partial charge < -0.3 is 9.13 Å². The lowest BCUT2D eigenvalue weighted by molar-refractivity contribution is 0.591. The normalized spacial score (nSPS) is 14.2. The van der Waals surface area contributed by atoms with Gasteiger partial charge in [0.15, 0.2) is 10.6 Å². The Hall–Kier alpha value is -1.69. The lowest BCUT2D eigenvalue weighted by Crippen LogP contribution is -2.28.